The molecule has 0 unspecified atom stereocenters. The van der Waals surface area contributed by atoms with Gasteiger partial charge in [-0.25, -0.2) is 9.07 Å². The van der Waals surface area contributed by atoms with Crippen LogP contribution in [0.2, 0.25) is 0 Å². The first-order valence-electron chi connectivity index (χ1n) is 9.21. The van der Waals surface area contributed by atoms with E-state index in [1.165, 1.54) is 6.07 Å². The molecule has 1 aromatic heterocycles. The Hall–Kier alpha value is -2.25. The molecule has 2 heterocycles. The molecule has 138 valence electrons. The lowest BCUT2D eigenvalue weighted by Gasteiger charge is -2.24. The second-order valence-electron chi connectivity index (χ2n) is 6.79. The second kappa shape index (κ2) is 7.55. The monoisotopic (exact) mass is 358 g/mol. The van der Waals surface area contributed by atoms with E-state index in [1.54, 1.807) is 29.1 Å². The van der Waals surface area contributed by atoms with Gasteiger partial charge in [-0.15, -0.1) is 0 Å². The number of carbonyl (C=O) groups is 1. The van der Waals surface area contributed by atoms with Gasteiger partial charge in [0.2, 0.25) is 5.91 Å². The van der Waals surface area contributed by atoms with E-state index in [4.69, 9.17) is 4.84 Å². The van der Waals surface area contributed by atoms with Gasteiger partial charge >= 0.3 is 0 Å². The number of aromatic nitrogens is 2. The maximum Gasteiger partial charge on any atom is 0.221 e. The molecule has 1 aromatic carbocycles. The van der Waals surface area contributed by atoms with Crippen LogP contribution >= 0.6 is 0 Å². The van der Waals surface area contributed by atoms with Crippen LogP contribution in [0.25, 0.3) is 5.69 Å². The number of fused-ring (bicyclic) bond motifs is 1. The summed E-state index contributed by atoms with van der Waals surface area (Å²) in [6, 6.07) is 6.56. The number of hydrogen-bond donors (Lipinski definition) is 1. The van der Waals surface area contributed by atoms with Gasteiger partial charge in [0.25, 0.3) is 0 Å². The van der Waals surface area contributed by atoms with Crippen molar-refractivity contribution in [2.24, 2.45) is 0 Å². The van der Waals surface area contributed by atoms with Crippen molar-refractivity contribution in [3.05, 3.63) is 47.5 Å². The molecule has 0 bridgehead atoms. The summed E-state index contributed by atoms with van der Waals surface area (Å²) in [5.41, 5.74) is 2.42. The van der Waals surface area contributed by atoms with Crippen molar-refractivity contribution in [3.63, 3.8) is 0 Å². The van der Waals surface area contributed by atoms with Gasteiger partial charge in [0.1, 0.15) is 11.5 Å². The lowest BCUT2D eigenvalue weighted by Crippen LogP contribution is -2.33. The highest BCUT2D eigenvalue weighted by atomic mass is 19.1. The first-order chi connectivity index (χ1) is 12.7. The van der Waals surface area contributed by atoms with E-state index in [0.717, 1.165) is 50.1 Å². The van der Waals surface area contributed by atoms with Crippen LogP contribution in [0.5, 0.6) is 0 Å². The van der Waals surface area contributed by atoms with Gasteiger partial charge in [-0.05, 0) is 37.8 Å². The maximum atomic E-state index is 14.1. The standard InChI is InChI=1S/C19H23FN4O2/c20-15-5-1-2-7-18(15)24-17-8-3-6-16(14(17)13-21-24)22-19(25)9-11-23-10-4-12-26-23/h1-2,5,7,13,16H,3-4,6,8-12H2,(H,22,25)/t16-/m1/s1. The van der Waals surface area contributed by atoms with Crippen LogP contribution in [0.1, 0.15) is 43.0 Å². The van der Waals surface area contributed by atoms with Crippen LogP contribution in [0.3, 0.4) is 0 Å². The average Bonchev–Trinajstić information content (AvgIpc) is 3.31. The Bertz CT molecular complexity index is 786. The third-order valence-electron chi connectivity index (χ3n) is 5.01. The molecule has 2 aromatic rings. The maximum absolute atomic E-state index is 14.1. The highest BCUT2D eigenvalue weighted by Gasteiger charge is 2.27. The van der Waals surface area contributed by atoms with E-state index in [9.17, 15) is 9.18 Å². The highest BCUT2D eigenvalue weighted by Crippen LogP contribution is 2.31. The minimum absolute atomic E-state index is 0.0111. The van der Waals surface area contributed by atoms with E-state index in [2.05, 4.69) is 10.4 Å². The zero-order valence-electron chi connectivity index (χ0n) is 14.7. The first kappa shape index (κ1) is 17.2. The van der Waals surface area contributed by atoms with Crippen molar-refractivity contribution in [3.8, 4) is 5.69 Å². The summed E-state index contributed by atoms with van der Waals surface area (Å²) in [5, 5.41) is 9.35. The fourth-order valence-corrected chi connectivity index (χ4v) is 3.71. The Kier molecular flexibility index (Phi) is 4.99. The number of para-hydroxylation sites is 1. The smallest absolute Gasteiger partial charge is 0.221 e. The molecule has 1 amide bonds. The molecule has 1 fully saturated rings. The van der Waals surface area contributed by atoms with Crippen molar-refractivity contribution in [2.45, 2.75) is 38.1 Å². The summed E-state index contributed by atoms with van der Waals surface area (Å²) in [5.74, 6) is -0.285. The summed E-state index contributed by atoms with van der Waals surface area (Å²) in [6.07, 6.45) is 5.83. The molecular formula is C19H23FN4O2. The minimum atomic E-state index is -0.296. The van der Waals surface area contributed by atoms with Gasteiger partial charge in [0, 0.05) is 30.8 Å². The van der Waals surface area contributed by atoms with Crippen molar-refractivity contribution in [1.29, 1.82) is 0 Å². The zero-order chi connectivity index (χ0) is 17.9. The summed E-state index contributed by atoms with van der Waals surface area (Å²) < 4.78 is 15.8. The molecular weight excluding hydrogens is 335 g/mol. The SMILES string of the molecule is O=C(CCN1CCCO1)N[C@@H]1CCCc2c1cnn2-c1ccccc1F. The number of rotatable bonds is 5. The fourth-order valence-electron chi connectivity index (χ4n) is 3.71. The molecule has 0 saturated carbocycles. The normalized spacial score (nSPS) is 20.1. The van der Waals surface area contributed by atoms with Crippen LogP contribution in [0.15, 0.2) is 30.5 Å². The molecule has 4 rings (SSSR count). The Morgan fingerprint density at radius 2 is 2.23 bits per heavy atom. The highest BCUT2D eigenvalue weighted by molar-refractivity contribution is 5.76. The van der Waals surface area contributed by atoms with Crippen molar-refractivity contribution in [1.82, 2.24) is 20.2 Å². The number of carbonyl (C=O) groups excluding carboxylic acids is 1. The van der Waals surface area contributed by atoms with Crippen LogP contribution in [-0.2, 0) is 16.1 Å². The average molecular weight is 358 g/mol. The zero-order valence-corrected chi connectivity index (χ0v) is 14.7. The number of nitrogens with one attached hydrogen (secondary N) is 1. The van der Waals surface area contributed by atoms with Gasteiger partial charge in [-0.3, -0.25) is 9.63 Å². The number of hydroxylamine groups is 2. The van der Waals surface area contributed by atoms with Gasteiger partial charge < -0.3 is 5.32 Å². The number of benzene rings is 1. The molecule has 2 aliphatic rings. The van der Waals surface area contributed by atoms with E-state index >= 15 is 0 Å². The molecule has 1 atom stereocenters. The number of nitrogens with zero attached hydrogens (tertiary/aromatic N) is 3. The summed E-state index contributed by atoms with van der Waals surface area (Å²) in [7, 11) is 0. The first-order valence-corrected chi connectivity index (χ1v) is 9.21. The molecule has 1 saturated heterocycles. The van der Waals surface area contributed by atoms with Gasteiger partial charge in [0.05, 0.1) is 18.8 Å². The van der Waals surface area contributed by atoms with Crippen molar-refractivity contribution in [2.75, 3.05) is 19.7 Å². The summed E-state index contributed by atoms with van der Waals surface area (Å²) in [6.45, 7) is 2.24. The van der Waals surface area contributed by atoms with E-state index in [1.807, 2.05) is 5.06 Å². The Morgan fingerprint density at radius 1 is 1.35 bits per heavy atom. The van der Waals surface area contributed by atoms with Crippen LogP contribution in [-0.4, -0.2) is 40.4 Å². The predicted molar refractivity (Wildman–Crippen MR) is 94.1 cm³/mol. The minimum Gasteiger partial charge on any atom is -0.349 e. The van der Waals surface area contributed by atoms with Crippen molar-refractivity contribution >= 4 is 5.91 Å². The number of halogens is 1. The van der Waals surface area contributed by atoms with Gasteiger partial charge in [0.15, 0.2) is 0 Å². The van der Waals surface area contributed by atoms with E-state index < -0.39 is 0 Å². The van der Waals surface area contributed by atoms with Crippen LogP contribution in [0.4, 0.5) is 4.39 Å². The molecule has 1 N–H and O–H groups in total. The molecule has 6 nitrogen and oxygen atoms in total. The number of amides is 1. The molecule has 1 aliphatic carbocycles. The van der Waals surface area contributed by atoms with Gasteiger partial charge in [-0.1, -0.05) is 12.1 Å². The van der Waals surface area contributed by atoms with Crippen LogP contribution < -0.4 is 5.32 Å². The van der Waals surface area contributed by atoms with Crippen molar-refractivity contribution < 1.29 is 14.0 Å². The lowest BCUT2D eigenvalue weighted by atomic mass is 9.92. The van der Waals surface area contributed by atoms with E-state index in [0.29, 0.717) is 18.7 Å². The molecule has 0 spiro atoms. The van der Waals surface area contributed by atoms with E-state index in [-0.39, 0.29) is 17.8 Å². The molecule has 1 aliphatic heterocycles. The third kappa shape index (κ3) is 3.50. The quantitative estimate of drug-likeness (QED) is 0.892. The molecule has 0 radical (unpaired) electrons. The topological polar surface area (TPSA) is 59.4 Å². The van der Waals surface area contributed by atoms with Gasteiger partial charge in [-0.2, -0.15) is 10.2 Å². The molecule has 26 heavy (non-hydrogen) atoms. The molecule has 7 heteroatoms. The fraction of sp³-hybridized carbons (Fsp3) is 0.474. The Labute approximate surface area is 151 Å². The Morgan fingerprint density at radius 3 is 3.04 bits per heavy atom. The second-order valence-corrected chi connectivity index (χ2v) is 6.79. The summed E-state index contributed by atoms with van der Waals surface area (Å²) >= 11 is 0. The third-order valence-corrected chi connectivity index (χ3v) is 5.01. The summed E-state index contributed by atoms with van der Waals surface area (Å²) in [4.78, 5) is 17.7. The largest absolute Gasteiger partial charge is 0.349 e. The van der Waals surface area contributed by atoms with Crippen LogP contribution in [0, 0.1) is 5.82 Å². The Balaban J connectivity index is 1.46. The predicted octanol–water partition coefficient (Wildman–Crippen LogP) is 2.53. The lowest BCUT2D eigenvalue weighted by molar-refractivity contribution is -0.131. The number of hydrogen-bond acceptors (Lipinski definition) is 4.